The molecule has 3 nitrogen and oxygen atoms in total. The number of rotatable bonds is 4. The van der Waals surface area contributed by atoms with Crippen LogP contribution < -0.4 is 5.32 Å². The molecule has 0 fully saturated rings. The normalized spacial score (nSPS) is 13.2. The maximum absolute atomic E-state index is 4.12. The van der Waals surface area contributed by atoms with Gasteiger partial charge in [0.05, 0.1) is 0 Å². The Morgan fingerprint density at radius 1 is 1.67 bits per heavy atom. The van der Waals surface area contributed by atoms with Crippen molar-refractivity contribution in [2.75, 3.05) is 0 Å². The molecule has 0 aliphatic rings. The zero-order valence-corrected chi connectivity index (χ0v) is 8.02. The Balaban J connectivity index is 2.33. The van der Waals surface area contributed by atoms with E-state index in [1.165, 1.54) is 0 Å². The summed E-state index contributed by atoms with van der Waals surface area (Å²) in [6.45, 7) is 7.21. The van der Waals surface area contributed by atoms with Gasteiger partial charge in [-0.05, 0) is 20.3 Å². The summed E-state index contributed by atoms with van der Waals surface area (Å²) in [6.07, 6.45) is 3.04. The second-order valence-corrected chi connectivity index (χ2v) is 3.18. The smallest absolute Gasteiger partial charge is 0.103 e. The van der Waals surface area contributed by atoms with E-state index in [2.05, 4.69) is 29.1 Å². The van der Waals surface area contributed by atoms with Crippen LogP contribution in [0.2, 0.25) is 0 Å². The molecule has 0 spiro atoms. The van der Waals surface area contributed by atoms with Crippen molar-refractivity contribution in [3.05, 3.63) is 17.7 Å². The predicted molar refractivity (Wildman–Crippen MR) is 49.9 cm³/mol. The molecule has 1 unspecified atom stereocenters. The van der Waals surface area contributed by atoms with E-state index < -0.39 is 0 Å². The standard InChI is InChI=1S/C9H17N3/c1-4-7(2)10-5-9-6-11-8(3)12-9/h6-7,10H,4-5H2,1-3H3,(H,11,12). The number of hydrogen-bond donors (Lipinski definition) is 2. The van der Waals surface area contributed by atoms with Gasteiger partial charge < -0.3 is 10.3 Å². The maximum atomic E-state index is 4.12. The van der Waals surface area contributed by atoms with Crippen LogP contribution in [0.5, 0.6) is 0 Å². The van der Waals surface area contributed by atoms with Crippen LogP contribution in [0.25, 0.3) is 0 Å². The van der Waals surface area contributed by atoms with E-state index in [4.69, 9.17) is 0 Å². The first-order valence-corrected chi connectivity index (χ1v) is 4.46. The summed E-state index contributed by atoms with van der Waals surface area (Å²) in [7, 11) is 0. The number of aromatic nitrogens is 2. The third kappa shape index (κ3) is 2.66. The second kappa shape index (κ2) is 4.26. The lowest BCUT2D eigenvalue weighted by Gasteiger charge is -2.09. The summed E-state index contributed by atoms with van der Waals surface area (Å²) in [5.41, 5.74) is 1.16. The first-order valence-electron chi connectivity index (χ1n) is 4.46. The molecule has 3 heteroatoms. The zero-order chi connectivity index (χ0) is 8.97. The molecular formula is C9H17N3. The average Bonchev–Trinajstić information content (AvgIpc) is 2.47. The van der Waals surface area contributed by atoms with Crippen molar-refractivity contribution in [1.29, 1.82) is 0 Å². The Kier molecular flexibility index (Phi) is 3.29. The van der Waals surface area contributed by atoms with Gasteiger partial charge in [-0.15, -0.1) is 0 Å². The molecule has 0 aromatic carbocycles. The van der Waals surface area contributed by atoms with Gasteiger partial charge >= 0.3 is 0 Å². The minimum atomic E-state index is 0.577. The van der Waals surface area contributed by atoms with Crippen molar-refractivity contribution in [3.8, 4) is 0 Å². The van der Waals surface area contributed by atoms with Gasteiger partial charge in [-0.25, -0.2) is 4.98 Å². The highest BCUT2D eigenvalue weighted by Crippen LogP contribution is 1.96. The first kappa shape index (κ1) is 9.26. The maximum Gasteiger partial charge on any atom is 0.103 e. The van der Waals surface area contributed by atoms with Crippen molar-refractivity contribution in [3.63, 3.8) is 0 Å². The number of nitrogens with zero attached hydrogens (tertiary/aromatic N) is 1. The van der Waals surface area contributed by atoms with E-state index in [1.54, 1.807) is 0 Å². The van der Waals surface area contributed by atoms with Crippen molar-refractivity contribution < 1.29 is 0 Å². The summed E-state index contributed by atoms with van der Waals surface area (Å²) in [4.78, 5) is 7.31. The molecule has 0 amide bonds. The molecule has 1 rings (SSSR count). The molecule has 1 aromatic heterocycles. The quantitative estimate of drug-likeness (QED) is 0.715. The van der Waals surface area contributed by atoms with Crippen LogP contribution in [0.4, 0.5) is 0 Å². The summed E-state index contributed by atoms with van der Waals surface area (Å²) < 4.78 is 0. The third-order valence-corrected chi connectivity index (χ3v) is 2.01. The Morgan fingerprint density at radius 2 is 2.42 bits per heavy atom. The van der Waals surface area contributed by atoms with Crippen LogP contribution in [0, 0.1) is 6.92 Å². The number of nitrogens with one attached hydrogen (secondary N) is 2. The number of hydrogen-bond acceptors (Lipinski definition) is 2. The number of H-pyrrole nitrogens is 1. The van der Waals surface area contributed by atoms with E-state index in [-0.39, 0.29) is 0 Å². The molecule has 0 aliphatic heterocycles. The SMILES string of the molecule is CCC(C)NCc1cnc(C)[nH]1. The number of imidazole rings is 1. The van der Waals surface area contributed by atoms with E-state index in [1.807, 2.05) is 13.1 Å². The molecule has 0 aliphatic carbocycles. The van der Waals surface area contributed by atoms with Crippen molar-refractivity contribution in [2.45, 2.75) is 39.8 Å². The van der Waals surface area contributed by atoms with Crippen molar-refractivity contribution in [1.82, 2.24) is 15.3 Å². The molecule has 0 saturated heterocycles. The van der Waals surface area contributed by atoms with E-state index >= 15 is 0 Å². The Bertz CT molecular complexity index is 229. The number of aryl methyl sites for hydroxylation is 1. The lowest BCUT2D eigenvalue weighted by Crippen LogP contribution is -2.24. The molecule has 0 saturated carbocycles. The minimum Gasteiger partial charge on any atom is -0.345 e. The molecule has 2 N–H and O–H groups in total. The summed E-state index contributed by atoms with van der Waals surface area (Å²) >= 11 is 0. The van der Waals surface area contributed by atoms with Crippen molar-refractivity contribution in [2.24, 2.45) is 0 Å². The largest absolute Gasteiger partial charge is 0.345 e. The van der Waals surface area contributed by atoms with Gasteiger partial charge in [0.25, 0.3) is 0 Å². The topological polar surface area (TPSA) is 40.7 Å². The van der Waals surface area contributed by atoms with Crippen LogP contribution in [0.15, 0.2) is 6.20 Å². The highest BCUT2D eigenvalue weighted by Gasteiger charge is 1.99. The molecule has 1 heterocycles. The summed E-state index contributed by atoms with van der Waals surface area (Å²) in [6, 6.07) is 0.577. The molecular weight excluding hydrogens is 150 g/mol. The molecule has 1 aromatic rings. The lowest BCUT2D eigenvalue weighted by molar-refractivity contribution is 0.530. The predicted octanol–water partition coefficient (Wildman–Crippen LogP) is 1.61. The van der Waals surface area contributed by atoms with Gasteiger partial charge in [0.1, 0.15) is 5.82 Å². The van der Waals surface area contributed by atoms with E-state index in [9.17, 15) is 0 Å². The fourth-order valence-corrected chi connectivity index (χ4v) is 0.990. The minimum absolute atomic E-state index is 0.577. The molecule has 0 bridgehead atoms. The van der Waals surface area contributed by atoms with Crippen LogP contribution in [0.1, 0.15) is 31.8 Å². The third-order valence-electron chi connectivity index (χ3n) is 2.01. The zero-order valence-electron chi connectivity index (χ0n) is 8.02. The molecule has 1 atom stereocenters. The number of aromatic amines is 1. The first-order chi connectivity index (χ1) is 5.72. The lowest BCUT2D eigenvalue weighted by atomic mass is 10.2. The van der Waals surface area contributed by atoms with Crippen LogP contribution in [-0.2, 0) is 6.54 Å². The van der Waals surface area contributed by atoms with Crippen LogP contribution in [0.3, 0.4) is 0 Å². The van der Waals surface area contributed by atoms with E-state index in [0.29, 0.717) is 6.04 Å². The van der Waals surface area contributed by atoms with Crippen molar-refractivity contribution >= 4 is 0 Å². The van der Waals surface area contributed by atoms with Crippen LogP contribution in [-0.4, -0.2) is 16.0 Å². The van der Waals surface area contributed by atoms with Crippen LogP contribution >= 0.6 is 0 Å². The monoisotopic (exact) mass is 167 g/mol. The fourth-order valence-electron chi connectivity index (χ4n) is 0.990. The Hall–Kier alpha value is -0.830. The fraction of sp³-hybridized carbons (Fsp3) is 0.667. The average molecular weight is 167 g/mol. The van der Waals surface area contributed by atoms with Gasteiger partial charge in [-0.3, -0.25) is 0 Å². The highest BCUT2D eigenvalue weighted by atomic mass is 15.0. The Labute approximate surface area is 73.6 Å². The highest BCUT2D eigenvalue weighted by molar-refractivity contribution is 4.99. The van der Waals surface area contributed by atoms with Gasteiger partial charge in [0.15, 0.2) is 0 Å². The van der Waals surface area contributed by atoms with Gasteiger partial charge in [-0.2, -0.15) is 0 Å². The van der Waals surface area contributed by atoms with Gasteiger partial charge in [0.2, 0.25) is 0 Å². The van der Waals surface area contributed by atoms with E-state index in [0.717, 1.165) is 24.5 Å². The molecule has 68 valence electrons. The second-order valence-electron chi connectivity index (χ2n) is 3.18. The summed E-state index contributed by atoms with van der Waals surface area (Å²) in [5, 5.41) is 3.39. The van der Waals surface area contributed by atoms with Gasteiger partial charge in [0, 0.05) is 24.5 Å². The van der Waals surface area contributed by atoms with Gasteiger partial charge in [-0.1, -0.05) is 6.92 Å². The molecule has 0 radical (unpaired) electrons. The Morgan fingerprint density at radius 3 is 2.92 bits per heavy atom. The molecule has 12 heavy (non-hydrogen) atoms. The summed E-state index contributed by atoms with van der Waals surface area (Å²) in [5.74, 6) is 0.982.